The molecule has 122 valence electrons. The van der Waals surface area contributed by atoms with Crippen LogP contribution in [0.15, 0.2) is 53.4 Å². The number of carbonyl (C=O) groups is 1. The first-order valence-corrected chi connectivity index (χ1v) is 8.89. The molecule has 0 unspecified atom stereocenters. The third-order valence-corrected chi connectivity index (χ3v) is 4.96. The lowest BCUT2D eigenvalue weighted by molar-refractivity contribution is -0.113. The van der Waals surface area contributed by atoms with Crippen LogP contribution in [-0.4, -0.2) is 16.8 Å². The van der Waals surface area contributed by atoms with E-state index in [1.54, 1.807) is 4.90 Å². The van der Waals surface area contributed by atoms with Crippen LogP contribution in [0.25, 0.3) is 6.08 Å². The maximum atomic E-state index is 12.9. The summed E-state index contributed by atoms with van der Waals surface area (Å²) < 4.78 is 6.18. The maximum Gasteiger partial charge on any atom is 0.270 e. The van der Waals surface area contributed by atoms with Gasteiger partial charge in [-0.2, -0.15) is 0 Å². The summed E-state index contributed by atoms with van der Waals surface area (Å²) in [6.07, 6.45) is 1.85. The zero-order valence-electron chi connectivity index (χ0n) is 13.5. The molecule has 2 aromatic carbocycles. The minimum Gasteiger partial charge on any atom is -0.493 e. The SMILES string of the molecule is CCOc1ccccc1/C=C1/SC(=S)N(c2ccccc2C)C1=O. The van der Waals surface area contributed by atoms with Gasteiger partial charge < -0.3 is 4.74 Å². The number of anilines is 1. The summed E-state index contributed by atoms with van der Waals surface area (Å²) in [4.78, 5) is 15.1. The van der Waals surface area contributed by atoms with Gasteiger partial charge in [0.25, 0.3) is 5.91 Å². The highest BCUT2D eigenvalue weighted by Crippen LogP contribution is 2.38. The Hall–Kier alpha value is -2.11. The highest BCUT2D eigenvalue weighted by atomic mass is 32.2. The molecule has 0 saturated carbocycles. The summed E-state index contributed by atoms with van der Waals surface area (Å²) in [5, 5.41) is 0. The van der Waals surface area contributed by atoms with Crippen LogP contribution >= 0.6 is 24.0 Å². The molecule has 1 aliphatic rings. The fraction of sp³-hybridized carbons (Fsp3) is 0.158. The number of para-hydroxylation sites is 2. The third kappa shape index (κ3) is 3.23. The lowest BCUT2D eigenvalue weighted by atomic mass is 10.1. The Morgan fingerprint density at radius 2 is 1.88 bits per heavy atom. The van der Waals surface area contributed by atoms with E-state index in [9.17, 15) is 4.79 Å². The molecule has 1 fully saturated rings. The van der Waals surface area contributed by atoms with Crippen molar-refractivity contribution in [1.29, 1.82) is 0 Å². The molecule has 3 nitrogen and oxygen atoms in total. The number of carbonyl (C=O) groups excluding carboxylic acids is 1. The lowest BCUT2D eigenvalue weighted by Crippen LogP contribution is -2.28. The van der Waals surface area contributed by atoms with E-state index >= 15 is 0 Å². The predicted octanol–water partition coefficient (Wildman–Crippen LogP) is 4.80. The molecule has 0 N–H and O–H groups in total. The molecule has 3 rings (SSSR count). The van der Waals surface area contributed by atoms with Crippen LogP contribution < -0.4 is 9.64 Å². The molecule has 5 heteroatoms. The first-order chi connectivity index (χ1) is 11.6. The monoisotopic (exact) mass is 355 g/mol. The van der Waals surface area contributed by atoms with E-state index < -0.39 is 0 Å². The predicted molar refractivity (Wildman–Crippen MR) is 104 cm³/mol. The Morgan fingerprint density at radius 3 is 2.62 bits per heavy atom. The van der Waals surface area contributed by atoms with Crippen molar-refractivity contribution in [2.75, 3.05) is 11.5 Å². The number of benzene rings is 2. The highest BCUT2D eigenvalue weighted by Gasteiger charge is 2.34. The van der Waals surface area contributed by atoms with Gasteiger partial charge in [-0.25, -0.2) is 0 Å². The molecular formula is C19H17NO2S2. The average molecular weight is 355 g/mol. The number of rotatable bonds is 4. The number of aryl methyl sites for hydroxylation is 1. The van der Waals surface area contributed by atoms with Gasteiger partial charge in [-0.15, -0.1) is 0 Å². The molecule has 1 amide bonds. The van der Waals surface area contributed by atoms with E-state index in [4.69, 9.17) is 17.0 Å². The van der Waals surface area contributed by atoms with Gasteiger partial charge in [0.2, 0.25) is 0 Å². The molecule has 0 radical (unpaired) electrons. The smallest absolute Gasteiger partial charge is 0.270 e. The Bertz CT molecular complexity index is 830. The van der Waals surface area contributed by atoms with Crippen LogP contribution in [0.2, 0.25) is 0 Å². The second-order valence-electron chi connectivity index (χ2n) is 5.27. The van der Waals surface area contributed by atoms with E-state index in [0.29, 0.717) is 15.8 Å². The third-order valence-electron chi connectivity index (χ3n) is 3.66. The van der Waals surface area contributed by atoms with Crippen LogP contribution in [-0.2, 0) is 4.79 Å². The number of hydrogen-bond acceptors (Lipinski definition) is 4. The van der Waals surface area contributed by atoms with Crippen molar-refractivity contribution < 1.29 is 9.53 Å². The molecule has 0 bridgehead atoms. The van der Waals surface area contributed by atoms with Crippen molar-refractivity contribution >= 4 is 46.0 Å². The number of amides is 1. The van der Waals surface area contributed by atoms with E-state index in [1.165, 1.54) is 11.8 Å². The number of thioether (sulfide) groups is 1. The van der Waals surface area contributed by atoms with Crippen LogP contribution in [0, 0.1) is 6.92 Å². The van der Waals surface area contributed by atoms with Crippen molar-refractivity contribution in [3.63, 3.8) is 0 Å². The summed E-state index contributed by atoms with van der Waals surface area (Å²) in [6, 6.07) is 15.4. The Balaban J connectivity index is 1.96. The van der Waals surface area contributed by atoms with Crippen LogP contribution in [0.5, 0.6) is 5.75 Å². The van der Waals surface area contributed by atoms with E-state index in [0.717, 1.165) is 22.6 Å². The van der Waals surface area contributed by atoms with Gasteiger partial charge in [0, 0.05) is 5.56 Å². The number of thiocarbonyl (C=S) groups is 1. The first-order valence-electron chi connectivity index (χ1n) is 7.67. The van der Waals surface area contributed by atoms with Crippen molar-refractivity contribution in [3.05, 3.63) is 64.6 Å². The van der Waals surface area contributed by atoms with Crippen LogP contribution in [0.3, 0.4) is 0 Å². The summed E-state index contributed by atoms with van der Waals surface area (Å²) in [6.45, 7) is 4.49. The molecule has 0 aliphatic carbocycles. The van der Waals surface area contributed by atoms with Crippen LogP contribution in [0.1, 0.15) is 18.1 Å². The first kappa shape index (κ1) is 16.7. The lowest BCUT2D eigenvalue weighted by Gasteiger charge is -2.16. The quantitative estimate of drug-likeness (QED) is 0.582. The normalized spacial score (nSPS) is 16.1. The molecule has 0 spiro atoms. The zero-order valence-corrected chi connectivity index (χ0v) is 15.1. The molecule has 0 atom stereocenters. The molecule has 1 saturated heterocycles. The summed E-state index contributed by atoms with van der Waals surface area (Å²) >= 11 is 6.75. The van der Waals surface area contributed by atoms with Crippen molar-refractivity contribution in [1.82, 2.24) is 0 Å². The fourth-order valence-corrected chi connectivity index (χ4v) is 3.79. The van der Waals surface area contributed by atoms with Crippen molar-refractivity contribution in [2.24, 2.45) is 0 Å². The van der Waals surface area contributed by atoms with Crippen molar-refractivity contribution in [3.8, 4) is 5.75 Å². The maximum absolute atomic E-state index is 12.9. The summed E-state index contributed by atoms with van der Waals surface area (Å²) in [7, 11) is 0. The van der Waals surface area contributed by atoms with E-state index in [2.05, 4.69) is 0 Å². The molecule has 2 aromatic rings. The van der Waals surface area contributed by atoms with E-state index in [1.807, 2.05) is 68.5 Å². The second-order valence-corrected chi connectivity index (χ2v) is 6.95. The fourth-order valence-electron chi connectivity index (χ4n) is 2.52. The van der Waals surface area contributed by atoms with Gasteiger partial charge in [-0.1, -0.05) is 60.4 Å². The highest BCUT2D eigenvalue weighted by molar-refractivity contribution is 8.27. The molecule has 1 aliphatic heterocycles. The number of nitrogens with zero attached hydrogens (tertiary/aromatic N) is 1. The minimum absolute atomic E-state index is 0.0920. The summed E-state index contributed by atoms with van der Waals surface area (Å²) in [5.74, 6) is 0.673. The van der Waals surface area contributed by atoms with Gasteiger partial charge in [0.1, 0.15) is 5.75 Å². The minimum atomic E-state index is -0.0920. The van der Waals surface area contributed by atoms with Gasteiger partial charge in [-0.05, 0) is 37.6 Å². The van der Waals surface area contributed by atoms with Gasteiger partial charge >= 0.3 is 0 Å². The largest absolute Gasteiger partial charge is 0.493 e. The molecular weight excluding hydrogens is 338 g/mol. The number of hydrogen-bond donors (Lipinski definition) is 0. The Kier molecular flexibility index (Phi) is 5.02. The molecule has 1 heterocycles. The average Bonchev–Trinajstić information content (AvgIpc) is 2.84. The van der Waals surface area contributed by atoms with Gasteiger partial charge in [0.15, 0.2) is 4.32 Å². The van der Waals surface area contributed by atoms with Crippen LogP contribution in [0.4, 0.5) is 5.69 Å². The molecule has 0 aromatic heterocycles. The van der Waals surface area contributed by atoms with Gasteiger partial charge in [-0.3, -0.25) is 9.69 Å². The topological polar surface area (TPSA) is 29.5 Å². The second kappa shape index (κ2) is 7.20. The number of ether oxygens (including phenoxy) is 1. The zero-order chi connectivity index (χ0) is 17.1. The molecule has 24 heavy (non-hydrogen) atoms. The Morgan fingerprint density at radius 1 is 1.17 bits per heavy atom. The van der Waals surface area contributed by atoms with Gasteiger partial charge in [0.05, 0.1) is 17.2 Å². The van der Waals surface area contributed by atoms with Crippen molar-refractivity contribution in [2.45, 2.75) is 13.8 Å². The standard InChI is InChI=1S/C19H17NO2S2/c1-3-22-16-11-7-5-9-14(16)12-17-18(21)20(19(23)24-17)15-10-6-4-8-13(15)2/h4-12H,3H2,1-2H3/b17-12+. The Labute approximate surface area is 151 Å². The van der Waals surface area contributed by atoms with E-state index in [-0.39, 0.29) is 5.91 Å². The summed E-state index contributed by atoms with van der Waals surface area (Å²) in [5.41, 5.74) is 2.73.